The number of anilines is 1. The molecule has 1 saturated carbocycles. The Morgan fingerprint density at radius 1 is 1.20 bits per heavy atom. The van der Waals surface area contributed by atoms with E-state index in [0.29, 0.717) is 24.1 Å². The maximum absolute atomic E-state index is 12.4. The smallest absolute Gasteiger partial charge is 0.398 e. The van der Waals surface area contributed by atoms with Gasteiger partial charge in [-0.2, -0.15) is 13.2 Å². The Morgan fingerprint density at radius 2 is 1.80 bits per heavy atom. The first kappa shape index (κ1) is 10.3. The molecule has 1 aromatic rings. The molecule has 1 aromatic carbocycles. The predicted molar refractivity (Wildman–Crippen MR) is 51.0 cm³/mol. The summed E-state index contributed by atoms with van der Waals surface area (Å²) in [6, 6.07) is 3.30. The lowest BCUT2D eigenvalue weighted by atomic mass is 10.0. The molecule has 2 nitrogen and oxygen atoms in total. The topological polar surface area (TPSA) is 52.0 Å². The van der Waals surface area contributed by atoms with Crippen molar-refractivity contribution in [3.05, 3.63) is 29.3 Å². The van der Waals surface area contributed by atoms with Gasteiger partial charge >= 0.3 is 6.18 Å². The van der Waals surface area contributed by atoms with Crippen molar-refractivity contribution in [2.45, 2.75) is 24.6 Å². The first-order chi connectivity index (χ1) is 6.83. The molecular formula is C10H11F3N2. The third kappa shape index (κ3) is 1.79. The van der Waals surface area contributed by atoms with Crippen molar-refractivity contribution in [1.82, 2.24) is 0 Å². The van der Waals surface area contributed by atoms with Crippen LogP contribution in [-0.2, 0) is 11.7 Å². The highest BCUT2D eigenvalue weighted by atomic mass is 19.4. The third-order valence-corrected chi connectivity index (χ3v) is 2.71. The van der Waals surface area contributed by atoms with Crippen LogP contribution in [0.1, 0.15) is 24.0 Å². The predicted octanol–water partition coefficient (Wildman–Crippen LogP) is 2.24. The van der Waals surface area contributed by atoms with Gasteiger partial charge in [0.1, 0.15) is 0 Å². The number of nitrogens with two attached hydrogens (primary N) is 2. The minimum atomic E-state index is -4.34. The summed E-state index contributed by atoms with van der Waals surface area (Å²) in [4.78, 5) is 0. The molecule has 0 heterocycles. The molecule has 4 N–H and O–H groups in total. The van der Waals surface area contributed by atoms with E-state index >= 15 is 0 Å². The summed E-state index contributed by atoms with van der Waals surface area (Å²) in [5.41, 5.74) is 10.9. The van der Waals surface area contributed by atoms with Crippen LogP contribution in [0.25, 0.3) is 0 Å². The summed E-state index contributed by atoms with van der Waals surface area (Å²) in [7, 11) is 0. The van der Waals surface area contributed by atoms with Gasteiger partial charge in [-0.25, -0.2) is 0 Å². The van der Waals surface area contributed by atoms with E-state index in [1.807, 2.05) is 0 Å². The molecule has 0 aliphatic heterocycles. The van der Waals surface area contributed by atoms with E-state index in [1.165, 1.54) is 6.07 Å². The van der Waals surface area contributed by atoms with Gasteiger partial charge in [0, 0.05) is 11.2 Å². The van der Waals surface area contributed by atoms with Crippen LogP contribution in [0, 0.1) is 0 Å². The van der Waals surface area contributed by atoms with Gasteiger partial charge in [0.25, 0.3) is 0 Å². The number of alkyl halides is 3. The summed E-state index contributed by atoms with van der Waals surface area (Å²) < 4.78 is 37.3. The number of rotatable bonds is 1. The van der Waals surface area contributed by atoms with Crippen LogP contribution in [0.5, 0.6) is 0 Å². The van der Waals surface area contributed by atoms with Gasteiger partial charge in [0.05, 0.1) is 5.56 Å². The Morgan fingerprint density at radius 3 is 2.27 bits per heavy atom. The van der Waals surface area contributed by atoms with Crippen molar-refractivity contribution in [1.29, 1.82) is 0 Å². The second kappa shape index (κ2) is 2.88. The Kier molecular flexibility index (Phi) is 1.98. The summed E-state index contributed by atoms with van der Waals surface area (Å²) in [6.45, 7) is 0. The number of benzene rings is 1. The van der Waals surface area contributed by atoms with Crippen molar-refractivity contribution >= 4 is 5.69 Å². The first-order valence-corrected chi connectivity index (χ1v) is 4.59. The van der Waals surface area contributed by atoms with Crippen LogP contribution in [0.15, 0.2) is 18.2 Å². The molecule has 1 aliphatic rings. The molecule has 15 heavy (non-hydrogen) atoms. The zero-order valence-corrected chi connectivity index (χ0v) is 7.93. The molecule has 5 heteroatoms. The van der Waals surface area contributed by atoms with Gasteiger partial charge < -0.3 is 11.5 Å². The first-order valence-electron chi connectivity index (χ1n) is 4.59. The molecule has 0 radical (unpaired) electrons. The summed E-state index contributed by atoms with van der Waals surface area (Å²) >= 11 is 0. The lowest BCUT2D eigenvalue weighted by molar-refractivity contribution is -0.137. The summed E-state index contributed by atoms with van der Waals surface area (Å²) in [5, 5.41) is 0. The fourth-order valence-electron chi connectivity index (χ4n) is 1.57. The van der Waals surface area contributed by atoms with E-state index in [0.717, 1.165) is 12.1 Å². The van der Waals surface area contributed by atoms with Gasteiger partial charge in [-0.05, 0) is 36.6 Å². The average Bonchev–Trinajstić information content (AvgIpc) is 2.83. The number of hydrogen-bond donors (Lipinski definition) is 2. The summed E-state index contributed by atoms with van der Waals surface area (Å²) in [6.07, 6.45) is -2.95. The van der Waals surface area contributed by atoms with Crippen molar-refractivity contribution in [2.75, 3.05) is 5.73 Å². The molecule has 1 fully saturated rings. The zero-order valence-electron chi connectivity index (χ0n) is 7.93. The van der Waals surface area contributed by atoms with Gasteiger partial charge in [-0.15, -0.1) is 0 Å². The van der Waals surface area contributed by atoms with Gasteiger partial charge in [-0.1, -0.05) is 0 Å². The molecule has 2 rings (SSSR count). The third-order valence-electron chi connectivity index (χ3n) is 2.71. The Bertz CT molecular complexity index is 394. The molecular weight excluding hydrogens is 205 g/mol. The second-order valence-corrected chi connectivity index (χ2v) is 3.96. The van der Waals surface area contributed by atoms with E-state index in [-0.39, 0.29) is 0 Å². The van der Waals surface area contributed by atoms with Crippen molar-refractivity contribution in [3.63, 3.8) is 0 Å². The molecule has 82 valence electrons. The van der Waals surface area contributed by atoms with Gasteiger partial charge in [-0.3, -0.25) is 0 Å². The lowest BCUT2D eigenvalue weighted by Gasteiger charge is -2.15. The normalized spacial score (nSPS) is 18.9. The second-order valence-electron chi connectivity index (χ2n) is 3.96. The Labute approximate surface area is 85.1 Å². The fraction of sp³-hybridized carbons (Fsp3) is 0.400. The maximum Gasteiger partial charge on any atom is 0.416 e. The lowest BCUT2D eigenvalue weighted by Crippen LogP contribution is -2.21. The molecule has 0 spiro atoms. The Hall–Kier alpha value is -1.23. The highest BCUT2D eigenvalue weighted by Crippen LogP contribution is 2.46. The molecule has 0 atom stereocenters. The SMILES string of the molecule is Nc1ccc(C(F)(F)F)cc1C1(N)CC1. The van der Waals surface area contributed by atoms with E-state index in [1.54, 1.807) is 0 Å². The minimum absolute atomic E-state index is 0.336. The standard InChI is InChI=1S/C10H11F3N2/c11-10(12,13)6-1-2-8(14)7(5-6)9(15)3-4-9/h1-2,5H,3-4,14-15H2. The maximum atomic E-state index is 12.4. The Balaban J connectivity index is 2.47. The number of halogens is 3. The van der Waals surface area contributed by atoms with Crippen LogP contribution in [0.4, 0.5) is 18.9 Å². The van der Waals surface area contributed by atoms with Crippen molar-refractivity contribution < 1.29 is 13.2 Å². The molecule has 0 bridgehead atoms. The average molecular weight is 216 g/mol. The van der Waals surface area contributed by atoms with E-state index in [2.05, 4.69) is 0 Å². The fourth-order valence-corrected chi connectivity index (χ4v) is 1.57. The molecule has 0 saturated heterocycles. The monoisotopic (exact) mass is 216 g/mol. The van der Waals surface area contributed by atoms with Gasteiger partial charge in [0.15, 0.2) is 0 Å². The quantitative estimate of drug-likeness (QED) is 0.707. The van der Waals surface area contributed by atoms with Crippen molar-refractivity contribution in [2.24, 2.45) is 5.73 Å². The molecule has 1 aliphatic carbocycles. The zero-order chi connectivity index (χ0) is 11.3. The van der Waals surface area contributed by atoms with Crippen LogP contribution in [0.2, 0.25) is 0 Å². The molecule has 0 aromatic heterocycles. The van der Waals surface area contributed by atoms with E-state index < -0.39 is 17.3 Å². The number of hydrogen-bond acceptors (Lipinski definition) is 2. The van der Waals surface area contributed by atoms with Crippen molar-refractivity contribution in [3.8, 4) is 0 Å². The minimum Gasteiger partial charge on any atom is -0.398 e. The largest absolute Gasteiger partial charge is 0.416 e. The molecule has 0 unspecified atom stereocenters. The highest BCUT2D eigenvalue weighted by molar-refractivity contribution is 5.54. The van der Waals surface area contributed by atoms with Crippen LogP contribution in [0.3, 0.4) is 0 Å². The van der Waals surface area contributed by atoms with Crippen LogP contribution >= 0.6 is 0 Å². The van der Waals surface area contributed by atoms with Crippen LogP contribution in [-0.4, -0.2) is 0 Å². The number of nitrogen functional groups attached to an aromatic ring is 1. The van der Waals surface area contributed by atoms with E-state index in [4.69, 9.17) is 11.5 Å². The molecule has 0 amide bonds. The van der Waals surface area contributed by atoms with E-state index in [9.17, 15) is 13.2 Å². The van der Waals surface area contributed by atoms with Crippen LogP contribution < -0.4 is 11.5 Å². The summed E-state index contributed by atoms with van der Waals surface area (Å²) in [5.74, 6) is 0. The highest BCUT2D eigenvalue weighted by Gasteiger charge is 2.43. The van der Waals surface area contributed by atoms with Gasteiger partial charge in [0.2, 0.25) is 0 Å².